The third kappa shape index (κ3) is 5.80. The number of carboxylic acids is 2. The third-order valence-electron chi connectivity index (χ3n) is 7.36. The van der Waals surface area contributed by atoms with Crippen molar-refractivity contribution in [2.75, 3.05) is 0 Å². The van der Waals surface area contributed by atoms with Crippen LogP contribution < -0.4 is 5.32 Å². The van der Waals surface area contributed by atoms with E-state index in [2.05, 4.69) is 5.32 Å². The number of carbonyl (C=O) groups is 4. The van der Waals surface area contributed by atoms with Crippen LogP contribution in [0, 0.1) is 5.92 Å². The number of rotatable bonds is 9. The van der Waals surface area contributed by atoms with Crippen LogP contribution in [0.1, 0.15) is 58.8 Å². The summed E-state index contributed by atoms with van der Waals surface area (Å²) in [5.74, 6) is -4.07. The number of nitrogens with zero attached hydrogens (tertiary/aromatic N) is 1. The maximum absolute atomic E-state index is 13.5. The van der Waals surface area contributed by atoms with Gasteiger partial charge in [0.05, 0.1) is 6.04 Å². The molecular formula is C23H36N2O11. The largest absolute Gasteiger partial charge is 0.480 e. The molecule has 1 amide bonds. The Bertz CT molecular complexity index is 839. The molecule has 3 aliphatic rings. The third-order valence-corrected chi connectivity index (χ3v) is 7.36. The lowest BCUT2D eigenvalue weighted by atomic mass is 9.84. The van der Waals surface area contributed by atoms with Gasteiger partial charge in [-0.05, 0) is 38.5 Å². The van der Waals surface area contributed by atoms with Gasteiger partial charge in [0.1, 0.15) is 30.4 Å². The minimum atomic E-state index is -1.93. The minimum absolute atomic E-state index is 0.0229. The van der Waals surface area contributed by atoms with E-state index in [0.29, 0.717) is 19.3 Å². The van der Waals surface area contributed by atoms with Crippen LogP contribution in [0.2, 0.25) is 0 Å². The van der Waals surface area contributed by atoms with Crippen LogP contribution in [0.25, 0.3) is 0 Å². The van der Waals surface area contributed by atoms with Crippen LogP contribution in [0.15, 0.2) is 0 Å². The number of carboxylic acid groups (broad SMARTS) is 2. The first-order valence-corrected chi connectivity index (χ1v) is 12.4. The van der Waals surface area contributed by atoms with Gasteiger partial charge in [0.15, 0.2) is 6.10 Å². The molecule has 6 unspecified atom stereocenters. The number of aliphatic hydroxyl groups is 3. The van der Waals surface area contributed by atoms with Crippen molar-refractivity contribution in [3.8, 4) is 0 Å². The Balaban J connectivity index is 1.78. The molecule has 0 aromatic carbocycles. The van der Waals surface area contributed by atoms with E-state index in [9.17, 15) is 44.7 Å². The Labute approximate surface area is 208 Å². The fourth-order valence-corrected chi connectivity index (χ4v) is 5.49. The van der Waals surface area contributed by atoms with E-state index >= 15 is 0 Å². The standard InChI is InChI=1S/C23H36N2O11/c1-3-6-12(20(30)31)24-10(2)19(29)25-13-8-5-4-7-11(13)9-14(25)22(34)36-23-17(28)15(26)16(27)18(35-23)21(32)33/h10-18,23-24,26-28H,3-9H2,1-2H3,(H,30,31)(H,32,33)/t10?,11-,12-,13-,14-,15?,16?,17?,18?,23?/m0/s1. The van der Waals surface area contributed by atoms with E-state index in [1.54, 1.807) is 0 Å². The van der Waals surface area contributed by atoms with Crippen LogP contribution in [-0.2, 0) is 28.7 Å². The summed E-state index contributed by atoms with van der Waals surface area (Å²) in [4.78, 5) is 51.1. The van der Waals surface area contributed by atoms with Crippen molar-refractivity contribution in [1.82, 2.24) is 10.2 Å². The first kappa shape index (κ1) is 28.3. The van der Waals surface area contributed by atoms with Crippen molar-refractivity contribution in [3.63, 3.8) is 0 Å². The van der Waals surface area contributed by atoms with E-state index in [1.807, 2.05) is 6.92 Å². The molecular weight excluding hydrogens is 480 g/mol. The van der Waals surface area contributed by atoms with E-state index in [4.69, 9.17) is 9.47 Å². The normalized spacial score (nSPS) is 36.0. The summed E-state index contributed by atoms with van der Waals surface area (Å²) in [5.41, 5.74) is 0. The maximum atomic E-state index is 13.5. The zero-order valence-corrected chi connectivity index (χ0v) is 20.4. The number of esters is 1. The smallest absolute Gasteiger partial charge is 0.335 e. The number of aliphatic carboxylic acids is 2. The van der Waals surface area contributed by atoms with Gasteiger partial charge in [0, 0.05) is 6.04 Å². The molecule has 13 nitrogen and oxygen atoms in total. The highest BCUT2D eigenvalue weighted by Crippen LogP contribution is 2.41. The average Bonchev–Trinajstić information content (AvgIpc) is 3.22. The van der Waals surface area contributed by atoms with Gasteiger partial charge in [0.25, 0.3) is 0 Å². The SMILES string of the molecule is CCC[C@H](NC(C)C(=O)N1[C@H](C(=O)OC2OC(C(=O)O)C(O)C(O)C2O)C[C@@H]2CCCC[C@@H]21)C(=O)O. The lowest BCUT2D eigenvalue weighted by Crippen LogP contribution is -2.61. The molecule has 2 heterocycles. The predicted octanol–water partition coefficient (Wildman–Crippen LogP) is -1.19. The highest BCUT2D eigenvalue weighted by Gasteiger charge is 2.52. The number of carbonyl (C=O) groups excluding carboxylic acids is 2. The van der Waals surface area contributed by atoms with Gasteiger partial charge in [-0.25, -0.2) is 9.59 Å². The molecule has 2 aliphatic heterocycles. The van der Waals surface area contributed by atoms with Crippen molar-refractivity contribution >= 4 is 23.8 Å². The van der Waals surface area contributed by atoms with Crippen LogP contribution in [-0.4, -0.2) is 109 Å². The maximum Gasteiger partial charge on any atom is 0.335 e. The van der Waals surface area contributed by atoms with Gasteiger partial charge in [-0.3, -0.25) is 14.9 Å². The molecule has 0 spiro atoms. The quantitative estimate of drug-likeness (QED) is 0.200. The number of hydrogen-bond donors (Lipinski definition) is 6. The topological polar surface area (TPSA) is 203 Å². The van der Waals surface area contributed by atoms with Gasteiger partial charge in [-0.2, -0.15) is 0 Å². The summed E-state index contributed by atoms with van der Waals surface area (Å²) in [6, 6.07) is -3.15. The van der Waals surface area contributed by atoms with Crippen molar-refractivity contribution in [1.29, 1.82) is 0 Å². The molecule has 0 bridgehead atoms. The molecule has 2 saturated heterocycles. The van der Waals surface area contributed by atoms with Gasteiger partial charge >= 0.3 is 17.9 Å². The Hall–Kier alpha value is -2.32. The lowest BCUT2D eigenvalue weighted by Gasteiger charge is -2.39. The Kier molecular flexibility index (Phi) is 9.28. The number of hydrogen-bond acceptors (Lipinski definition) is 10. The molecule has 1 saturated carbocycles. The fourth-order valence-electron chi connectivity index (χ4n) is 5.49. The highest BCUT2D eigenvalue weighted by atomic mass is 16.7. The molecule has 36 heavy (non-hydrogen) atoms. The summed E-state index contributed by atoms with van der Waals surface area (Å²) >= 11 is 0. The molecule has 0 aromatic rings. The molecule has 0 radical (unpaired) electrons. The Morgan fingerprint density at radius 2 is 1.72 bits per heavy atom. The summed E-state index contributed by atoms with van der Waals surface area (Å²) in [6.07, 6.45) is -5.11. The van der Waals surface area contributed by atoms with Crippen LogP contribution in [0.3, 0.4) is 0 Å². The highest BCUT2D eigenvalue weighted by molar-refractivity contribution is 5.89. The molecule has 204 valence electrons. The van der Waals surface area contributed by atoms with Crippen molar-refractivity contribution in [3.05, 3.63) is 0 Å². The van der Waals surface area contributed by atoms with Crippen LogP contribution >= 0.6 is 0 Å². The Morgan fingerprint density at radius 1 is 1.06 bits per heavy atom. The molecule has 1 aliphatic carbocycles. The summed E-state index contributed by atoms with van der Waals surface area (Å²) in [6.45, 7) is 3.37. The number of fused-ring (bicyclic) bond motifs is 1. The van der Waals surface area contributed by atoms with E-state index < -0.39 is 72.6 Å². The van der Waals surface area contributed by atoms with Crippen molar-refractivity contribution in [2.45, 2.75) is 114 Å². The lowest BCUT2D eigenvalue weighted by molar-refractivity contribution is -0.287. The number of aliphatic hydroxyl groups excluding tert-OH is 3. The molecule has 0 aromatic heterocycles. The van der Waals surface area contributed by atoms with Gasteiger partial charge in [0.2, 0.25) is 12.2 Å². The predicted molar refractivity (Wildman–Crippen MR) is 120 cm³/mol. The number of likely N-dealkylation sites (tertiary alicyclic amines) is 1. The zero-order valence-electron chi connectivity index (χ0n) is 20.4. The molecule has 3 fully saturated rings. The molecule has 6 N–H and O–H groups in total. The van der Waals surface area contributed by atoms with Crippen LogP contribution in [0.4, 0.5) is 0 Å². The number of amides is 1. The van der Waals surface area contributed by atoms with E-state index in [-0.39, 0.29) is 18.4 Å². The van der Waals surface area contributed by atoms with Crippen molar-refractivity contribution in [2.24, 2.45) is 5.92 Å². The second kappa shape index (κ2) is 11.8. The summed E-state index contributed by atoms with van der Waals surface area (Å²) in [7, 11) is 0. The van der Waals surface area contributed by atoms with Crippen LogP contribution in [0.5, 0.6) is 0 Å². The number of ether oxygens (including phenoxy) is 2. The summed E-state index contributed by atoms with van der Waals surface area (Å²) in [5, 5.41) is 51.6. The van der Waals surface area contributed by atoms with Gasteiger partial charge < -0.3 is 39.9 Å². The monoisotopic (exact) mass is 516 g/mol. The fraction of sp³-hybridized carbons (Fsp3) is 0.826. The van der Waals surface area contributed by atoms with Gasteiger partial charge in [-0.1, -0.05) is 26.2 Å². The zero-order chi connectivity index (χ0) is 26.7. The second-order valence-corrected chi connectivity index (χ2v) is 9.85. The van der Waals surface area contributed by atoms with E-state index in [0.717, 1.165) is 19.3 Å². The number of nitrogens with one attached hydrogen (secondary N) is 1. The molecule has 3 rings (SSSR count). The molecule has 10 atom stereocenters. The second-order valence-electron chi connectivity index (χ2n) is 9.85. The summed E-state index contributed by atoms with van der Waals surface area (Å²) < 4.78 is 10.3. The average molecular weight is 517 g/mol. The first-order chi connectivity index (χ1) is 17.0. The molecule has 13 heteroatoms. The Morgan fingerprint density at radius 3 is 2.33 bits per heavy atom. The van der Waals surface area contributed by atoms with E-state index in [1.165, 1.54) is 11.8 Å². The first-order valence-electron chi connectivity index (χ1n) is 12.4. The van der Waals surface area contributed by atoms with Crippen molar-refractivity contribution < 1.29 is 54.2 Å². The minimum Gasteiger partial charge on any atom is -0.480 e. The van der Waals surface area contributed by atoms with Gasteiger partial charge in [-0.15, -0.1) is 0 Å².